The van der Waals surface area contributed by atoms with Crippen LogP contribution in [0.2, 0.25) is 0 Å². The molecule has 1 amide bonds. The molecule has 2 rings (SSSR count). The van der Waals surface area contributed by atoms with Gasteiger partial charge >= 0.3 is 0 Å². The van der Waals surface area contributed by atoms with Crippen LogP contribution in [0.4, 0.5) is 0 Å². The van der Waals surface area contributed by atoms with Gasteiger partial charge in [-0.05, 0) is 43.6 Å². The third-order valence-electron chi connectivity index (χ3n) is 4.97. The number of rotatable bonds is 7. The Morgan fingerprint density at radius 2 is 1.94 bits per heavy atom. The molecule has 0 atom stereocenters. The molecule has 0 spiro atoms. The number of nitrogens with one attached hydrogen (secondary N) is 1. The monoisotopic (exact) mass is 252 g/mol. The van der Waals surface area contributed by atoms with Crippen molar-refractivity contribution in [3.8, 4) is 0 Å². The molecule has 3 N–H and O–H groups in total. The molecular formula is C15H28N2O. The highest BCUT2D eigenvalue weighted by atomic mass is 16.1. The molecule has 2 aliphatic carbocycles. The molecule has 3 nitrogen and oxygen atoms in total. The van der Waals surface area contributed by atoms with Gasteiger partial charge in [-0.25, -0.2) is 0 Å². The summed E-state index contributed by atoms with van der Waals surface area (Å²) in [6.07, 6.45) is 12.2. The lowest BCUT2D eigenvalue weighted by Crippen LogP contribution is -2.42. The third kappa shape index (κ3) is 3.71. The summed E-state index contributed by atoms with van der Waals surface area (Å²) in [7, 11) is 0. The standard InChI is InChI=1S/C15H28N2O/c16-12-15(8-4-9-15)11-14(18)17-10-3-7-13-5-1-2-6-13/h13H,1-12,16H2,(H,17,18). The summed E-state index contributed by atoms with van der Waals surface area (Å²) in [6, 6.07) is 0. The van der Waals surface area contributed by atoms with E-state index in [-0.39, 0.29) is 11.3 Å². The van der Waals surface area contributed by atoms with Crippen LogP contribution in [0.1, 0.15) is 64.2 Å². The Kier molecular flexibility index (Phi) is 5.04. The summed E-state index contributed by atoms with van der Waals surface area (Å²) in [4.78, 5) is 11.8. The van der Waals surface area contributed by atoms with Crippen molar-refractivity contribution in [1.29, 1.82) is 0 Å². The van der Waals surface area contributed by atoms with Crippen molar-refractivity contribution < 1.29 is 4.79 Å². The van der Waals surface area contributed by atoms with Crippen molar-refractivity contribution >= 4 is 5.91 Å². The van der Waals surface area contributed by atoms with Gasteiger partial charge in [-0.15, -0.1) is 0 Å². The van der Waals surface area contributed by atoms with E-state index in [0.717, 1.165) is 31.7 Å². The topological polar surface area (TPSA) is 55.1 Å². The minimum Gasteiger partial charge on any atom is -0.356 e. The molecule has 0 saturated heterocycles. The highest BCUT2D eigenvalue weighted by Gasteiger charge is 2.37. The summed E-state index contributed by atoms with van der Waals surface area (Å²) < 4.78 is 0. The van der Waals surface area contributed by atoms with E-state index in [1.165, 1.54) is 38.5 Å². The van der Waals surface area contributed by atoms with Crippen LogP contribution in [0.15, 0.2) is 0 Å². The van der Waals surface area contributed by atoms with E-state index in [2.05, 4.69) is 5.32 Å². The molecule has 0 aliphatic heterocycles. The number of carbonyl (C=O) groups excluding carboxylic acids is 1. The summed E-state index contributed by atoms with van der Waals surface area (Å²) in [5.74, 6) is 1.15. The molecule has 104 valence electrons. The van der Waals surface area contributed by atoms with Crippen LogP contribution in [-0.4, -0.2) is 19.0 Å². The molecule has 0 radical (unpaired) electrons. The lowest BCUT2D eigenvalue weighted by atomic mass is 9.66. The number of amides is 1. The first-order valence-electron chi connectivity index (χ1n) is 7.71. The summed E-state index contributed by atoms with van der Waals surface area (Å²) in [5.41, 5.74) is 5.92. The predicted octanol–water partition coefficient (Wildman–Crippen LogP) is 2.59. The second-order valence-electron chi connectivity index (χ2n) is 6.38. The summed E-state index contributed by atoms with van der Waals surface area (Å²) in [6.45, 7) is 1.53. The van der Waals surface area contributed by atoms with E-state index >= 15 is 0 Å². The first-order chi connectivity index (χ1) is 8.74. The van der Waals surface area contributed by atoms with Crippen molar-refractivity contribution in [3.05, 3.63) is 0 Å². The van der Waals surface area contributed by atoms with Crippen molar-refractivity contribution in [2.45, 2.75) is 64.2 Å². The van der Waals surface area contributed by atoms with Gasteiger partial charge in [0.1, 0.15) is 0 Å². The van der Waals surface area contributed by atoms with E-state index in [1.807, 2.05) is 0 Å². The minimum atomic E-state index is 0.148. The fourth-order valence-electron chi connectivity index (χ4n) is 3.45. The van der Waals surface area contributed by atoms with Crippen molar-refractivity contribution in [1.82, 2.24) is 5.32 Å². The molecule has 0 unspecified atom stereocenters. The molecule has 0 bridgehead atoms. The Morgan fingerprint density at radius 3 is 2.50 bits per heavy atom. The van der Waals surface area contributed by atoms with Crippen LogP contribution < -0.4 is 11.1 Å². The molecule has 3 heteroatoms. The maximum absolute atomic E-state index is 11.8. The Morgan fingerprint density at radius 1 is 1.22 bits per heavy atom. The van der Waals surface area contributed by atoms with Gasteiger partial charge in [0.15, 0.2) is 0 Å². The van der Waals surface area contributed by atoms with Crippen LogP contribution in [-0.2, 0) is 4.79 Å². The second kappa shape index (κ2) is 6.55. The predicted molar refractivity (Wildman–Crippen MR) is 74.2 cm³/mol. The Hall–Kier alpha value is -0.570. The van der Waals surface area contributed by atoms with Crippen LogP contribution in [0.5, 0.6) is 0 Å². The number of hydrogen-bond acceptors (Lipinski definition) is 2. The van der Waals surface area contributed by atoms with E-state index in [1.54, 1.807) is 0 Å². The normalized spacial score (nSPS) is 22.7. The van der Waals surface area contributed by atoms with E-state index < -0.39 is 0 Å². The smallest absolute Gasteiger partial charge is 0.220 e. The third-order valence-corrected chi connectivity index (χ3v) is 4.97. The number of nitrogens with two attached hydrogens (primary N) is 1. The first-order valence-corrected chi connectivity index (χ1v) is 7.71. The number of carbonyl (C=O) groups is 1. The zero-order chi connectivity index (χ0) is 12.8. The van der Waals surface area contributed by atoms with Crippen LogP contribution in [0, 0.1) is 11.3 Å². The highest BCUT2D eigenvalue weighted by molar-refractivity contribution is 5.76. The lowest BCUT2D eigenvalue weighted by molar-refractivity contribution is -0.124. The molecule has 0 aromatic heterocycles. The van der Waals surface area contributed by atoms with E-state index in [4.69, 9.17) is 5.73 Å². The molecule has 0 aromatic rings. The first kappa shape index (κ1) is 13.9. The van der Waals surface area contributed by atoms with Crippen LogP contribution in [0.25, 0.3) is 0 Å². The molecule has 2 saturated carbocycles. The average molecular weight is 252 g/mol. The minimum absolute atomic E-state index is 0.148. The van der Waals surface area contributed by atoms with Gasteiger partial charge in [-0.2, -0.15) is 0 Å². The Balaban J connectivity index is 1.54. The van der Waals surface area contributed by atoms with Gasteiger partial charge in [0.05, 0.1) is 0 Å². The Bertz CT molecular complexity index is 262. The summed E-state index contributed by atoms with van der Waals surface area (Å²) in [5, 5.41) is 3.07. The molecule has 2 aliphatic rings. The molecular weight excluding hydrogens is 224 g/mol. The largest absolute Gasteiger partial charge is 0.356 e. The van der Waals surface area contributed by atoms with Gasteiger partial charge in [-0.1, -0.05) is 32.1 Å². The zero-order valence-electron chi connectivity index (χ0n) is 11.5. The average Bonchev–Trinajstić information content (AvgIpc) is 2.82. The lowest BCUT2D eigenvalue weighted by Gasteiger charge is -2.40. The second-order valence-corrected chi connectivity index (χ2v) is 6.38. The maximum Gasteiger partial charge on any atom is 0.220 e. The van der Waals surface area contributed by atoms with E-state index in [0.29, 0.717) is 13.0 Å². The molecule has 2 fully saturated rings. The van der Waals surface area contributed by atoms with Crippen molar-refractivity contribution in [3.63, 3.8) is 0 Å². The van der Waals surface area contributed by atoms with Gasteiger partial charge in [0, 0.05) is 13.0 Å². The molecule has 0 heterocycles. The van der Waals surface area contributed by atoms with E-state index in [9.17, 15) is 4.79 Å². The van der Waals surface area contributed by atoms with Crippen LogP contribution in [0.3, 0.4) is 0 Å². The molecule has 18 heavy (non-hydrogen) atoms. The maximum atomic E-state index is 11.8. The van der Waals surface area contributed by atoms with Gasteiger partial charge in [0.25, 0.3) is 0 Å². The van der Waals surface area contributed by atoms with Crippen molar-refractivity contribution in [2.24, 2.45) is 17.1 Å². The van der Waals surface area contributed by atoms with Gasteiger partial charge < -0.3 is 11.1 Å². The Labute approximate surface area is 111 Å². The fourth-order valence-corrected chi connectivity index (χ4v) is 3.45. The SMILES string of the molecule is NCC1(CC(=O)NCCCC2CCCC2)CCC1. The zero-order valence-corrected chi connectivity index (χ0v) is 11.5. The molecule has 0 aromatic carbocycles. The number of hydrogen-bond donors (Lipinski definition) is 2. The van der Waals surface area contributed by atoms with Crippen molar-refractivity contribution in [2.75, 3.05) is 13.1 Å². The fraction of sp³-hybridized carbons (Fsp3) is 0.933. The van der Waals surface area contributed by atoms with Gasteiger partial charge in [0.2, 0.25) is 5.91 Å². The highest BCUT2D eigenvalue weighted by Crippen LogP contribution is 2.42. The van der Waals surface area contributed by atoms with Gasteiger partial charge in [-0.3, -0.25) is 4.79 Å². The quantitative estimate of drug-likeness (QED) is 0.684. The van der Waals surface area contributed by atoms with Crippen LogP contribution >= 0.6 is 0 Å². The summed E-state index contributed by atoms with van der Waals surface area (Å²) >= 11 is 0.